The molecule has 0 radical (unpaired) electrons. The van der Waals surface area contributed by atoms with Crippen molar-refractivity contribution in [3.8, 4) is 11.3 Å². The Labute approximate surface area is 142 Å². The highest BCUT2D eigenvalue weighted by molar-refractivity contribution is 5.92. The minimum Gasteiger partial charge on any atom is -0.350 e. The molecule has 1 N–H and O–H groups in total. The van der Waals surface area contributed by atoms with E-state index in [2.05, 4.69) is 10.5 Å². The Balaban J connectivity index is 0.00000192. The molecule has 23 heavy (non-hydrogen) atoms. The summed E-state index contributed by atoms with van der Waals surface area (Å²) in [7, 11) is 1.91. The standard InChI is InChI=1S/C17H21N3O2.ClH/c1-12-5-7-13(8-6-12)15-10-16(22-19-15)17(21)20-9-3-4-14(20)11-18-2;/h5-8,10,14,18H,3-4,9,11H2,1-2H3;1H. The van der Waals surface area contributed by atoms with Crippen molar-refractivity contribution in [2.75, 3.05) is 20.1 Å². The second-order valence-corrected chi connectivity index (χ2v) is 5.79. The second kappa shape index (κ2) is 7.62. The minimum absolute atomic E-state index is 0. The van der Waals surface area contributed by atoms with Crippen LogP contribution in [0.4, 0.5) is 0 Å². The minimum atomic E-state index is -0.0661. The third-order valence-corrected chi connectivity index (χ3v) is 4.15. The number of likely N-dealkylation sites (N-methyl/N-ethyl adjacent to an activating group) is 1. The molecule has 0 aliphatic carbocycles. The molecule has 1 amide bonds. The number of aromatic nitrogens is 1. The normalized spacial score (nSPS) is 17.1. The lowest BCUT2D eigenvalue weighted by atomic mass is 10.1. The first-order valence-corrected chi connectivity index (χ1v) is 7.68. The number of nitrogens with one attached hydrogen (secondary N) is 1. The average molecular weight is 336 g/mol. The van der Waals surface area contributed by atoms with Crippen LogP contribution in [-0.2, 0) is 0 Å². The highest BCUT2D eigenvalue weighted by atomic mass is 35.5. The summed E-state index contributed by atoms with van der Waals surface area (Å²) in [6.45, 7) is 3.63. The number of rotatable bonds is 4. The van der Waals surface area contributed by atoms with Crippen LogP contribution in [0.25, 0.3) is 11.3 Å². The van der Waals surface area contributed by atoms with Gasteiger partial charge in [0.05, 0.1) is 0 Å². The van der Waals surface area contributed by atoms with Crippen molar-refractivity contribution < 1.29 is 9.32 Å². The van der Waals surface area contributed by atoms with Crippen molar-refractivity contribution in [1.82, 2.24) is 15.4 Å². The molecule has 1 saturated heterocycles. The van der Waals surface area contributed by atoms with Crippen LogP contribution in [0.1, 0.15) is 29.0 Å². The van der Waals surface area contributed by atoms with E-state index in [1.54, 1.807) is 6.07 Å². The number of carbonyl (C=O) groups is 1. The highest BCUT2D eigenvalue weighted by Gasteiger charge is 2.31. The third kappa shape index (κ3) is 3.74. The molecule has 1 aromatic heterocycles. The zero-order chi connectivity index (χ0) is 15.5. The molecule has 2 heterocycles. The molecule has 0 bridgehead atoms. The maximum Gasteiger partial charge on any atom is 0.292 e. The fourth-order valence-electron chi connectivity index (χ4n) is 2.93. The molecule has 1 aliphatic rings. The molecule has 1 aliphatic heterocycles. The maximum absolute atomic E-state index is 12.6. The van der Waals surface area contributed by atoms with Crippen molar-refractivity contribution in [1.29, 1.82) is 0 Å². The Bertz CT molecular complexity index is 654. The number of benzene rings is 1. The van der Waals surface area contributed by atoms with E-state index in [1.807, 2.05) is 43.1 Å². The Hall–Kier alpha value is -1.85. The molecule has 1 unspecified atom stereocenters. The van der Waals surface area contributed by atoms with Crippen LogP contribution in [-0.4, -0.2) is 42.1 Å². The number of nitrogens with zero attached hydrogens (tertiary/aromatic N) is 2. The Morgan fingerprint density at radius 1 is 1.39 bits per heavy atom. The smallest absolute Gasteiger partial charge is 0.292 e. The molecule has 1 aromatic carbocycles. The third-order valence-electron chi connectivity index (χ3n) is 4.15. The lowest BCUT2D eigenvalue weighted by molar-refractivity contribution is 0.0695. The van der Waals surface area contributed by atoms with Gasteiger partial charge in [0.2, 0.25) is 5.76 Å². The van der Waals surface area contributed by atoms with Gasteiger partial charge >= 0.3 is 0 Å². The largest absolute Gasteiger partial charge is 0.350 e. The number of carbonyl (C=O) groups excluding carboxylic acids is 1. The van der Waals surface area contributed by atoms with Crippen LogP contribution >= 0.6 is 12.4 Å². The molecule has 1 fully saturated rings. The fraction of sp³-hybridized carbons (Fsp3) is 0.412. The van der Waals surface area contributed by atoms with Gasteiger partial charge in [-0.2, -0.15) is 0 Å². The van der Waals surface area contributed by atoms with Gasteiger partial charge in [-0.1, -0.05) is 35.0 Å². The highest BCUT2D eigenvalue weighted by Crippen LogP contribution is 2.23. The van der Waals surface area contributed by atoms with E-state index in [-0.39, 0.29) is 24.4 Å². The predicted octanol–water partition coefficient (Wildman–Crippen LogP) is 2.90. The van der Waals surface area contributed by atoms with Crippen LogP contribution in [0.2, 0.25) is 0 Å². The Morgan fingerprint density at radius 2 is 2.13 bits per heavy atom. The SMILES string of the molecule is CNCC1CCCN1C(=O)c1cc(-c2ccc(C)cc2)no1.Cl. The summed E-state index contributed by atoms with van der Waals surface area (Å²) in [4.78, 5) is 14.5. The van der Waals surface area contributed by atoms with Crippen LogP contribution in [0.5, 0.6) is 0 Å². The van der Waals surface area contributed by atoms with Crippen molar-refractivity contribution in [2.24, 2.45) is 0 Å². The van der Waals surface area contributed by atoms with E-state index in [0.29, 0.717) is 11.5 Å². The second-order valence-electron chi connectivity index (χ2n) is 5.79. The van der Waals surface area contributed by atoms with Gasteiger partial charge in [0.15, 0.2) is 0 Å². The molecular weight excluding hydrogens is 314 g/mol. The Morgan fingerprint density at radius 3 is 2.83 bits per heavy atom. The van der Waals surface area contributed by atoms with E-state index < -0.39 is 0 Å². The van der Waals surface area contributed by atoms with Crippen LogP contribution in [0, 0.1) is 6.92 Å². The maximum atomic E-state index is 12.6. The van der Waals surface area contributed by atoms with Gasteiger partial charge in [-0.15, -0.1) is 12.4 Å². The average Bonchev–Trinajstić information content (AvgIpc) is 3.17. The molecule has 6 heteroatoms. The Kier molecular flexibility index (Phi) is 5.80. The number of amides is 1. The lowest BCUT2D eigenvalue weighted by Crippen LogP contribution is -2.40. The molecule has 3 rings (SSSR count). The number of aryl methyl sites for hydroxylation is 1. The molecule has 0 spiro atoms. The molecule has 0 saturated carbocycles. The van der Waals surface area contributed by atoms with Crippen molar-refractivity contribution >= 4 is 18.3 Å². The van der Waals surface area contributed by atoms with E-state index in [0.717, 1.165) is 31.5 Å². The summed E-state index contributed by atoms with van der Waals surface area (Å²) in [5.74, 6) is 0.252. The molecule has 1 atom stereocenters. The first-order valence-electron chi connectivity index (χ1n) is 7.68. The van der Waals surface area contributed by atoms with Gasteiger partial charge in [0.1, 0.15) is 5.69 Å². The summed E-state index contributed by atoms with van der Waals surface area (Å²) in [6.07, 6.45) is 2.07. The molecule has 2 aromatic rings. The van der Waals surface area contributed by atoms with Crippen LogP contribution in [0.3, 0.4) is 0 Å². The number of halogens is 1. The number of hydrogen-bond acceptors (Lipinski definition) is 4. The summed E-state index contributed by atoms with van der Waals surface area (Å²) in [6, 6.07) is 10.00. The van der Waals surface area contributed by atoms with Gasteiger partial charge in [-0.05, 0) is 26.8 Å². The number of hydrogen-bond donors (Lipinski definition) is 1. The van der Waals surface area contributed by atoms with Crippen molar-refractivity contribution in [3.05, 3.63) is 41.7 Å². The summed E-state index contributed by atoms with van der Waals surface area (Å²) >= 11 is 0. The van der Waals surface area contributed by atoms with Crippen LogP contribution in [0.15, 0.2) is 34.9 Å². The topological polar surface area (TPSA) is 58.4 Å². The van der Waals surface area contributed by atoms with E-state index in [1.165, 1.54) is 5.56 Å². The van der Waals surface area contributed by atoms with Gasteiger partial charge < -0.3 is 14.7 Å². The fourth-order valence-corrected chi connectivity index (χ4v) is 2.93. The van der Waals surface area contributed by atoms with E-state index in [9.17, 15) is 4.79 Å². The van der Waals surface area contributed by atoms with Gasteiger partial charge in [0.25, 0.3) is 5.91 Å². The molecule has 5 nitrogen and oxygen atoms in total. The monoisotopic (exact) mass is 335 g/mol. The van der Waals surface area contributed by atoms with E-state index in [4.69, 9.17) is 4.52 Å². The van der Waals surface area contributed by atoms with Crippen LogP contribution < -0.4 is 5.32 Å². The first kappa shape index (κ1) is 17.5. The van der Waals surface area contributed by atoms with Gasteiger partial charge in [-0.25, -0.2) is 0 Å². The lowest BCUT2D eigenvalue weighted by Gasteiger charge is -2.23. The summed E-state index contributed by atoms with van der Waals surface area (Å²) in [5, 5.41) is 7.18. The quantitative estimate of drug-likeness (QED) is 0.933. The van der Waals surface area contributed by atoms with E-state index >= 15 is 0 Å². The van der Waals surface area contributed by atoms with Gasteiger partial charge in [-0.3, -0.25) is 4.79 Å². The van der Waals surface area contributed by atoms with Crippen molar-refractivity contribution in [3.63, 3.8) is 0 Å². The molecular formula is C17H22ClN3O2. The molecule has 124 valence electrons. The number of likely N-dealkylation sites (tertiary alicyclic amines) is 1. The zero-order valence-corrected chi connectivity index (χ0v) is 14.2. The van der Waals surface area contributed by atoms with Gasteiger partial charge in [0, 0.05) is 30.8 Å². The predicted molar refractivity (Wildman–Crippen MR) is 91.9 cm³/mol. The summed E-state index contributed by atoms with van der Waals surface area (Å²) in [5.41, 5.74) is 2.85. The first-order chi connectivity index (χ1) is 10.7. The van der Waals surface area contributed by atoms with Crippen molar-refractivity contribution in [2.45, 2.75) is 25.8 Å². The zero-order valence-electron chi connectivity index (χ0n) is 13.4. The summed E-state index contributed by atoms with van der Waals surface area (Å²) < 4.78 is 5.29.